The SMILES string of the molecule is CC(C)(C)OC(=O)N[C@H]1[C@H]2CC[C@@H](C2)[C@H]1C(=O)O. The molecule has 0 aromatic heterocycles. The molecular weight excluding hydrogens is 234 g/mol. The molecule has 2 N–H and O–H groups in total. The molecule has 0 aliphatic heterocycles. The molecule has 0 heterocycles. The van der Waals surface area contributed by atoms with Gasteiger partial charge < -0.3 is 15.2 Å². The monoisotopic (exact) mass is 255 g/mol. The van der Waals surface area contributed by atoms with Crippen LogP contribution < -0.4 is 5.32 Å². The van der Waals surface area contributed by atoms with Crippen LogP contribution in [-0.4, -0.2) is 28.8 Å². The zero-order valence-electron chi connectivity index (χ0n) is 11.1. The molecule has 0 unspecified atom stereocenters. The quantitative estimate of drug-likeness (QED) is 0.791. The van der Waals surface area contributed by atoms with Crippen LogP contribution in [-0.2, 0) is 9.53 Å². The van der Waals surface area contributed by atoms with Crippen LogP contribution in [0.25, 0.3) is 0 Å². The van der Waals surface area contributed by atoms with Crippen molar-refractivity contribution in [2.75, 3.05) is 0 Å². The van der Waals surface area contributed by atoms with Crippen LogP contribution >= 0.6 is 0 Å². The Balaban J connectivity index is 2.00. The number of aliphatic carboxylic acids is 1. The van der Waals surface area contributed by atoms with Crippen molar-refractivity contribution in [3.63, 3.8) is 0 Å². The largest absolute Gasteiger partial charge is 0.481 e. The van der Waals surface area contributed by atoms with E-state index in [0.717, 1.165) is 19.3 Å². The lowest BCUT2D eigenvalue weighted by molar-refractivity contribution is -0.144. The molecule has 5 nitrogen and oxygen atoms in total. The van der Waals surface area contributed by atoms with Crippen molar-refractivity contribution in [3.05, 3.63) is 0 Å². The number of carbonyl (C=O) groups is 2. The molecule has 5 heteroatoms. The molecule has 4 atom stereocenters. The summed E-state index contributed by atoms with van der Waals surface area (Å²) in [7, 11) is 0. The second-order valence-corrected chi connectivity index (χ2v) is 6.37. The fraction of sp³-hybridized carbons (Fsp3) is 0.846. The number of hydrogen-bond donors (Lipinski definition) is 2. The third-order valence-electron chi connectivity index (χ3n) is 3.88. The van der Waals surface area contributed by atoms with E-state index in [-0.39, 0.29) is 12.0 Å². The third kappa shape index (κ3) is 2.60. The lowest BCUT2D eigenvalue weighted by atomic mass is 9.84. The van der Waals surface area contributed by atoms with Crippen LogP contribution in [0, 0.1) is 17.8 Å². The number of carboxylic acids is 1. The number of alkyl carbamates (subject to hydrolysis) is 1. The number of carboxylic acid groups (broad SMARTS) is 1. The van der Waals surface area contributed by atoms with Gasteiger partial charge in [-0.2, -0.15) is 0 Å². The zero-order chi connectivity index (χ0) is 13.5. The Bertz CT molecular complexity index is 360. The molecule has 2 fully saturated rings. The Morgan fingerprint density at radius 1 is 1.22 bits per heavy atom. The fourth-order valence-electron chi connectivity index (χ4n) is 3.30. The molecule has 18 heavy (non-hydrogen) atoms. The number of amides is 1. The standard InChI is InChI=1S/C13H21NO4/c1-13(2,3)18-12(17)14-10-8-5-4-7(6-8)9(10)11(15)16/h7-10H,4-6H2,1-3H3,(H,14,17)(H,15,16)/t7-,8-,9+,10-/m0/s1. The summed E-state index contributed by atoms with van der Waals surface area (Å²) in [4.78, 5) is 23.0. The molecule has 2 saturated carbocycles. The first-order chi connectivity index (χ1) is 8.28. The molecule has 2 aliphatic rings. The Morgan fingerprint density at radius 2 is 1.83 bits per heavy atom. The van der Waals surface area contributed by atoms with Gasteiger partial charge in [0, 0.05) is 6.04 Å². The number of nitrogens with one attached hydrogen (secondary N) is 1. The molecule has 0 aromatic carbocycles. The highest BCUT2D eigenvalue weighted by Gasteiger charge is 2.51. The van der Waals surface area contributed by atoms with E-state index >= 15 is 0 Å². The van der Waals surface area contributed by atoms with Crippen LogP contribution in [0.3, 0.4) is 0 Å². The van der Waals surface area contributed by atoms with E-state index < -0.39 is 23.6 Å². The molecule has 0 aromatic rings. The van der Waals surface area contributed by atoms with Gasteiger partial charge in [0.05, 0.1) is 5.92 Å². The van der Waals surface area contributed by atoms with Gasteiger partial charge in [-0.3, -0.25) is 4.79 Å². The number of carbonyl (C=O) groups excluding carboxylic acids is 1. The van der Waals surface area contributed by atoms with Crippen molar-refractivity contribution in [3.8, 4) is 0 Å². The Labute approximate surface area is 107 Å². The Hall–Kier alpha value is -1.26. The molecule has 0 saturated heterocycles. The first-order valence-corrected chi connectivity index (χ1v) is 6.50. The van der Waals surface area contributed by atoms with E-state index in [2.05, 4.69) is 5.32 Å². The second kappa shape index (κ2) is 4.44. The second-order valence-electron chi connectivity index (χ2n) is 6.37. The lowest BCUT2D eigenvalue weighted by Gasteiger charge is -2.30. The highest BCUT2D eigenvalue weighted by molar-refractivity contribution is 5.75. The molecule has 2 rings (SSSR count). The van der Waals surface area contributed by atoms with Gasteiger partial charge in [0.25, 0.3) is 0 Å². The maximum absolute atomic E-state index is 11.7. The summed E-state index contributed by atoms with van der Waals surface area (Å²) in [5, 5.41) is 12.0. The lowest BCUT2D eigenvalue weighted by Crippen LogP contribution is -2.48. The first kappa shape index (κ1) is 13.2. The van der Waals surface area contributed by atoms with Crippen molar-refractivity contribution in [2.24, 2.45) is 17.8 Å². The molecular formula is C13H21NO4. The van der Waals surface area contributed by atoms with E-state index in [9.17, 15) is 14.7 Å². The number of ether oxygens (including phenoxy) is 1. The highest BCUT2D eigenvalue weighted by Crippen LogP contribution is 2.48. The van der Waals surface area contributed by atoms with Crippen molar-refractivity contribution in [1.82, 2.24) is 5.32 Å². The van der Waals surface area contributed by atoms with Gasteiger partial charge >= 0.3 is 12.1 Å². The number of hydrogen-bond acceptors (Lipinski definition) is 3. The van der Waals surface area contributed by atoms with Crippen LogP contribution in [0.2, 0.25) is 0 Å². The molecule has 0 radical (unpaired) electrons. The van der Waals surface area contributed by atoms with Gasteiger partial charge in [-0.05, 0) is 51.9 Å². The summed E-state index contributed by atoms with van der Waals surface area (Å²) in [5.74, 6) is -0.740. The topological polar surface area (TPSA) is 75.6 Å². The van der Waals surface area contributed by atoms with E-state index in [1.165, 1.54) is 0 Å². The van der Waals surface area contributed by atoms with Crippen molar-refractivity contribution < 1.29 is 19.4 Å². The minimum atomic E-state index is -0.803. The minimum Gasteiger partial charge on any atom is -0.481 e. The van der Waals surface area contributed by atoms with E-state index in [1.807, 2.05) is 0 Å². The minimum absolute atomic E-state index is 0.215. The van der Waals surface area contributed by atoms with Crippen molar-refractivity contribution in [1.29, 1.82) is 0 Å². The predicted octanol–water partition coefficient (Wildman–Crippen LogP) is 2.01. The van der Waals surface area contributed by atoms with Gasteiger partial charge in [-0.1, -0.05) is 0 Å². The number of rotatable bonds is 2. The van der Waals surface area contributed by atoms with Gasteiger partial charge in [0.2, 0.25) is 0 Å². The maximum atomic E-state index is 11.7. The summed E-state index contributed by atoms with van der Waals surface area (Å²) in [6, 6.07) is -0.268. The van der Waals surface area contributed by atoms with Gasteiger partial charge in [-0.15, -0.1) is 0 Å². The van der Waals surface area contributed by atoms with Crippen molar-refractivity contribution in [2.45, 2.75) is 51.7 Å². The average molecular weight is 255 g/mol. The molecule has 1 amide bonds. The Kier molecular flexibility index (Phi) is 3.25. The van der Waals surface area contributed by atoms with Crippen LogP contribution in [0.5, 0.6) is 0 Å². The van der Waals surface area contributed by atoms with E-state index in [0.29, 0.717) is 5.92 Å². The maximum Gasteiger partial charge on any atom is 0.407 e. The van der Waals surface area contributed by atoms with Gasteiger partial charge in [-0.25, -0.2) is 4.79 Å². The summed E-state index contributed by atoms with van der Waals surface area (Å²) in [6.45, 7) is 5.38. The molecule has 2 aliphatic carbocycles. The zero-order valence-corrected chi connectivity index (χ0v) is 11.1. The number of fused-ring (bicyclic) bond motifs is 2. The summed E-state index contributed by atoms with van der Waals surface area (Å²) < 4.78 is 5.19. The summed E-state index contributed by atoms with van der Waals surface area (Å²) >= 11 is 0. The Morgan fingerprint density at radius 3 is 2.39 bits per heavy atom. The molecule has 102 valence electrons. The van der Waals surface area contributed by atoms with Gasteiger partial charge in [0.15, 0.2) is 0 Å². The third-order valence-corrected chi connectivity index (χ3v) is 3.88. The first-order valence-electron chi connectivity index (χ1n) is 6.50. The van der Waals surface area contributed by atoms with Crippen molar-refractivity contribution >= 4 is 12.1 Å². The molecule has 2 bridgehead atoms. The average Bonchev–Trinajstić information content (AvgIpc) is 2.73. The van der Waals surface area contributed by atoms with Crippen LogP contribution in [0.15, 0.2) is 0 Å². The fourth-order valence-corrected chi connectivity index (χ4v) is 3.30. The van der Waals surface area contributed by atoms with Crippen LogP contribution in [0.1, 0.15) is 40.0 Å². The molecule has 0 spiro atoms. The van der Waals surface area contributed by atoms with Crippen LogP contribution in [0.4, 0.5) is 4.79 Å². The van der Waals surface area contributed by atoms with E-state index in [4.69, 9.17) is 4.74 Å². The highest BCUT2D eigenvalue weighted by atomic mass is 16.6. The summed E-state index contributed by atoms with van der Waals surface area (Å²) in [6.07, 6.45) is 2.38. The normalized spacial score (nSPS) is 34.4. The van der Waals surface area contributed by atoms with E-state index in [1.54, 1.807) is 20.8 Å². The smallest absolute Gasteiger partial charge is 0.407 e. The predicted molar refractivity (Wildman–Crippen MR) is 65.1 cm³/mol. The van der Waals surface area contributed by atoms with Gasteiger partial charge in [0.1, 0.15) is 5.60 Å². The summed E-state index contributed by atoms with van der Waals surface area (Å²) in [5.41, 5.74) is -0.555.